The molecule has 1 amide bonds. The molecule has 1 atom stereocenters. The molecule has 0 fully saturated rings. The van der Waals surface area contributed by atoms with Gasteiger partial charge in [0.2, 0.25) is 0 Å². The van der Waals surface area contributed by atoms with Gasteiger partial charge in [-0.2, -0.15) is 0 Å². The number of ether oxygens (including phenoxy) is 2. The van der Waals surface area contributed by atoms with E-state index in [1.54, 1.807) is 12.1 Å². The van der Waals surface area contributed by atoms with Gasteiger partial charge in [0.15, 0.2) is 12.4 Å². The average molecular weight is 358 g/mol. The van der Waals surface area contributed by atoms with Crippen molar-refractivity contribution < 1.29 is 24.0 Å². The Morgan fingerprint density at radius 1 is 1.23 bits per heavy atom. The minimum Gasteiger partial charge on any atom is -0.495 e. The van der Waals surface area contributed by atoms with Gasteiger partial charge in [-0.3, -0.25) is 19.7 Å². The number of carbonyl (C=O) groups is 2. The van der Waals surface area contributed by atoms with Gasteiger partial charge in [0.1, 0.15) is 11.5 Å². The summed E-state index contributed by atoms with van der Waals surface area (Å²) >= 11 is 0. The van der Waals surface area contributed by atoms with Gasteiger partial charge < -0.3 is 14.8 Å². The molecule has 0 saturated carbocycles. The zero-order chi connectivity index (χ0) is 19.3. The Balaban J connectivity index is 2.16. The van der Waals surface area contributed by atoms with Gasteiger partial charge in [0.25, 0.3) is 11.6 Å². The van der Waals surface area contributed by atoms with Crippen LogP contribution in [0.15, 0.2) is 36.4 Å². The minimum absolute atomic E-state index is 0.00742. The van der Waals surface area contributed by atoms with E-state index in [2.05, 4.69) is 5.32 Å². The van der Waals surface area contributed by atoms with Crippen LogP contribution < -0.4 is 14.8 Å². The van der Waals surface area contributed by atoms with E-state index in [0.29, 0.717) is 17.7 Å². The maximum Gasteiger partial charge on any atom is 0.270 e. The normalized spacial score (nSPS) is 11.3. The Morgan fingerprint density at radius 2 is 1.92 bits per heavy atom. The van der Waals surface area contributed by atoms with Crippen molar-refractivity contribution in [3.8, 4) is 11.5 Å². The van der Waals surface area contributed by atoms with Gasteiger partial charge in [-0.25, -0.2) is 0 Å². The van der Waals surface area contributed by atoms with E-state index in [-0.39, 0.29) is 17.0 Å². The van der Waals surface area contributed by atoms with Crippen molar-refractivity contribution >= 4 is 23.6 Å². The molecule has 8 heteroatoms. The average Bonchev–Trinajstić information content (AvgIpc) is 2.61. The number of hydrogen-bond donors (Lipinski definition) is 1. The molecule has 0 radical (unpaired) electrons. The number of aldehydes is 1. The van der Waals surface area contributed by atoms with Gasteiger partial charge in [0, 0.05) is 12.1 Å². The lowest BCUT2D eigenvalue weighted by Crippen LogP contribution is -2.30. The highest BCUT2D eigenvalue weighted by molar-refractivity contribution is 5.95. The van der Waals surface area contributed by atoms with Crippen molar-refractivity contribution in [2.75, 3.05) is 12.4 Å². The minimum atomic E-state index is -0.944. The largest absolute Gasteiger partial charge is 0.495 e. The summed E-state index contributed by atoms with van der Waals surface area (Å²) in [7, 11) is 1.49. The molecular formula is C18H18N2O6. The number of methoxy groups -OCH3 is 1. The SMILES string of the molecule is COc1ccc(C)cc1NC(=O)[C@H](C)Oc1ccc([N+](=O)[O-])cc1C=O. The van der Waals surface area contributed by atoms with E-state index in [9.17, 15) is 19.7 Å². The van der Waals surface area contributed by atoms with Gasteiger partial charge in [-0.05, 0) is 37.6 Å². The van der Waals surface area contributed by atoms with Crippen molar-refractivity contribution in [3.63, 3.8) is 0 Å². The quantitative estimate of drug-likeness (QED) is 0.463. The smallest absolute Gasteiger partial charge is 0.270 e. The second-order valence-electron chi connectivity index (χ2n) is 5.55. The highest BCUT2D eigenvalue weighted by Crippen LogP contribution is 2.27. The van der Waals surface area contributed by atoms with E-state index in [4.69, 9.17) is 9.47 Å². The monoisotopic (exact) mass is 358 g/mol. The van der Waals surface area contributed by atoms with Crippen LogP contribution >= 0.6 is 0 Å². The van der Waals surface area contributed by atoms with Crippen LogP contribution in [-0.4, -0.2) is 30.3 Å². The molecule has 8 nitrogen and oxygen atoms in total. The van der Waals surface area contributed by atoms with Crippen LogP contribution in [0.1, 0.15) is 22.8 Å². The van der Waals surface area contributed by atoms with Crippen molar-refractivity contribution in [3.05, 3.63) is 57.6 Å². The van der Waals surface area contributed by atoms with Crippen molar-refractivity contribution in [2.45, 2.75) is 20.0 Å². The van der Waals surface area contributed by atoms with Crippen LogP contribution in [-0.2, 0) is 4.79 Å². The molecule has 1 N–H and O–H groups in total. The standard InChI is InChI=1S/C18H18N2O6/c1-11-4-6-17(25-3)15(8-11)19-18(22)12(2)26-16-7-5-14(20(23)24)9-13(16)10-21/h4-10,12H,1-3H3,(H,19,22)/t12-/m0/s1. The summed E-state index contributed by atoms with van der Waals surface area (Å²) in [5.74, 6) is 0.133. The van der Waals surface area contributed by atoms with E-state index >= 15 is 0 Å². The topological polar surface area (TPSA) is 108 Å². The zero-order valence-corrected chi connectivity index (χ0v) is 14.5. The number of nitrogens with zero attached hydrogens (tertiary/aromatic N) is 1. The van der Waals surface area contributed by atoms with Crippen molar-refractivity contribution in [1.29, 1.82) is 0 Å². The van der Waals surface area contributed by atoms with E-state index in [0.717, 1.165) is 11.6 Å². The van der Waals surface area contributed by atoms with Gasteiger partial charge in [0.05, 0.1) is 23.3 Å². The molecule has 0 aliphatic heterocycles. The first-order chi connectivity index (χ1) is 12.3. The zero-order valence-electron chi connectivity index (χ0n) is 14.5. The fourth-order valence-corrected chi connectivity index (χ4v) is 2.25. The third-order valence-corrected chi connectivity index (χ3v) is 3.62. The van der Waals surface area contributed by atoms with E-state index in [1.165, 1.54) is 26.2 Å². The molecule has 0 bridgehead atoms. The van der Waals surface area contributed by atoms with Crippen LogP contribution in [0, 0.1) is 17.0 Å². The molecule has 0 aromatic heterocycles. The Labute approximate surface area is 149 Å². The molecule has 2 rings (SSSR count). The number of aryl methyl sites for hydroxylation is 1. The number of benzene rings is 2. The lowest BCUT2D eigenvalue weighted by molar-refractivity contribution is -0.384. The summed E-state index contributed by atoms with van der Waals surface area (Å²) in [6.45, 7) is 3.38. The number of anilines is 1. The second kappa shape index (κ2) is 8.11. The van der Waals surface area contributed by atoms with Gasteiger partial charge in [-0.15, -0.1) is 0 Å². The number of hydrogen-bond acceptors (Lipinski definition) is 6. The number of non-ortho nitro benzene ring substituents is 1. The first kappa shape index (κ1) is 18.9. The molecular weight excluding hydrogens is 340 g/mol. The molecule has 0 unspecified atom stereocenters. The molecule has 0 aliphatic rings. The lowest BCUT2D eigenvalue weighted by atomic mass is 10.2. The summed E-state index contributed by atoms with van der Waals surface area (Å²) in [5, 5.41) is 13.5. The molecule has 136 valence electrons. The summed E-state index contributed by atoms with van der Waals surface area (Å²) in [4.78, 5) is 33.7. The summed E-state index contributed by atoms with van der Waals surface area (Å²) in [6.07, 6.45) is -0.503. The van der Waals surface area contributed by atoms with Crippen LogP contribution in [0.2, 0.25) is 0 Å². The maximum atomic E-state index is 12.4. The number of nitrogens with one attached hydrogen (secondary N) is 1. The number of nitro benzene ring substituents is 1. The summed E-state index contributed by atoms with van der Waals surface area (Å²) in [5.41, 5.74) is 1.19. The fourth-order valence-electron chi connectivity index (χ4n) is 2.25. The first-order valence-corrected chi connectivity index (χ1v) is 7.71. The number of carbonyl (C=O) groups excluding carboxylic acids is 2. The molecule has 0 saturated heterocycles. The predicted octanol–water partition coefficient (Wildman–Crippen LogP) is 3.13. The Bertz CT molecular complexity index is 850. The van der Waals surface area contributed by atoms with Crippen LogP contribution in [0.5, 0.6) is 11.5 Å². The molecule has 26 heavy (non-hydrogen) atoms. The Hall–Kier alpha value is -3.42. The van der Waals surface area contributed by atoms with Crippen LogP contribution in [0.4, 0.5) is 11.4 Å². The highest BCUT2D eigenvalue weighted by atomic mass is 16.6. The number of rotatable bonds is 7. The third kappa shape index (κ3) is 4.35. The van der Waals surface area contributed by atoms with Crippen LogP contribution in [0.3, 0.4) is 0 Å². The molecule has 0 spiro atoms. The summed E-state index contributed by atoms with van der Waals surface area (Å²) < 4.78 is 10.7. The van der Waals surface area contributed by atoms with Crippen molar-refractivity contribution in [1.82, 2.24) is 0 Å². The highest BCUT2D eigenvalue weighted by Gasteiger charge is 2.19. The molecule has 2 aromatic rings. The summed E-state index contributed by atoms with van der Waals surface area (Å²) in [6, 6.07) is 8.93. The third-order valence-electron chi connectivity index (χ3n) is 3.62. The molecule has 0 aliphatic carbocycles. The van der Waals surface area contributed by atoms with Crippen LogP contribution in [0.25, 0.3) is 0 Å². The maximum absolute atomic E-state index is 12.4. The van der Waals surface area contributed by atoms with E-state index < -0.39 is 16.9 Å². The Kier molecular flexibility index (Phi) is 5.90. The predicted molar refractivity (Wildman–Crippen MR) is 94.9 cm³/mol. The van der Waals surface area contributed by atoms with Crippen molar-refractivity contribution in [2.24, 2.45) is 0 Å². The molecule has 0 heterocycles. The van der Waals surface area contributed by atoms with Gasteiger partial charge >= 0.3 is 0 Å². The first-order valence-electron chi connectivity index (χ1n) is 7.71. The fraction of sp³-hybridized carbons (Fsp3) is 0.222. The second-order valence-corrected chi connectivity index (χ2v) is 5.55. The van der Waals surface area contributed by atoms with Gasteiger partial charge in [-0.1, -0.05) is 6.07 Å². The Morgan fingerprint density at radius 3 is 2.54 bits per heavy atom. The lowest BCUT2D eigenvalue weighted by Gasteiger charge is -2.17. The van der Waals surface area contributed by atoms with E-state index in [1.807, 2.05) is 13.0 Å². The number of amides is 1. The number of nitro groups is 1. The molecule has 2 aromatic carbocycles.